The standard InChI is InChI=1S/C12H21N3O2/c1-10-8-15(11-4-3-6-17-9-11)12(14-10)13-5-7-16-2/h8,11H,3-7,9H2,1-2H3,(H,13,14). The Labute approximate surface area is 102 Å². The Morgan fingerprint density at radius 3 is 3.24 bits per heavy atom. The van der Waals surface area contributed by atoms with Crippen molar-refractivity contribution in [3.05, 3.63) is 11.9 Å². The fourth-order valence-electron chi connectivity index (χ4n) is 2.13. The van der Waals surface area contributed by atoms with Gasteiger partial charge in [0.15, 0.2) is 0 Å². The highest BCUT2D eigenvalue weighted by atomic mass is 16.5. The third-order valence-electron chi connectivity index (χ3n) is 2.97. The second-order valence-electron chi connectivity index (χ2n) is 4.40. The molecule has 96 valence electrons. The van der Waals surface area contributed by atoms with Crippen LogP contribution in [0.25, 0.3) is 0 Å². The van der Waals surface area contributed by atoms with E-state index in [0.717, 1.165) is 44.2 Å². The van der Waals surface area contributed by atoms with E-state index in [1.54, 1.807) is 7.11 Å². The number of aromatic nitrogens is 2. The molecule has 5 nitrogen and oxygen atoms in total. The van der Waals surface area contributed by atoms with Gasteiger partial charge < -0.3 is 19.4 Å². The van der Waals surface area contributed by atoms with E-state index >= 15 is 0 Å². The zero-order valence-electron chi connectivity index (χ0n) is 10.6. The summed E-state index contributed by atoms with van der Waals surface area (Å²) in [5.74, 6) is 0.926. The second kappa shape index (κ2) is 6.02. The lowest BCUT2D eigenvalue weighted by Crippen LogP contribution is -2.23. The number of rotatable bonds is 5. The quantitative estimate of drug-likeness (QED) is 0.793. The SMILES string of the molecule is COCCNc1nc(C)cn1C1CCCOC1. The van der Waals surface area contributed by atoms with E-state index in [9.17, 15) is 0 Å². The van der Waals surface area contributed by atoms with Crippen LogP contribution in [0.3, 0.4) is 0 Å². The number of ether oxygens (including phenoxy) is 2. The molecular formula is C12H21N3O2. The summed E-state index contributed by atoms with van der Waals surface area (Å²) in [6, 6.07) is 0.412. The maximum absolute atomic E-state index is 5.53. The maximum Gasteiger partial charge on any atom is 0.203 e. The minimum Gasteiger partial charge on any atom is -0.383 e. The molecule has 1 aromatic heterocycles. The predicted molar refractivity (Wildman–Crippen MR) is 66.4 cm³/mol. The molecule has 0 saturated carbocycles. The van der Waals surface area contributed by atoms with Crippen LogP contribution in [0.4, 0.5) is 5.95 Å². The maximum atomic E-state index is 5.53. The molecular weight excluding hydrogens is 218 g/mol. The van der Waals surface area contributed by atoms with Crippen LogP contribution in [0.15, 0.2) is 6.20 Å². The number of nitrogens with zero attached hydrogens (tertiary/aromatic N) is 2. The molecule has 1 aliphatic heterocycles. The average molecular weight is 239 g/mol. The fraction of sp³-hybridized carbons (Fsp3) is 0.750. The van der Waals surface area contributed by atoms with Crippen molar-refractivity contribution in [3.8, 4) is 0 Å². The number of hydrogen-bond donors (Lipinski definition) is 1. The molecule has 0 spiro atoms. The molecule has 1 saturated heterocycles. The number of methoxy groups -OCH3 is 1. The summed E-state index contributed by atoms with van der Waals surface area (Å²) in [7, 11) is 1.70. The summed E-state index contributed by atoms with van der Waals surface area (Å²) in [6.07, 6.45) is 4.38. The molecule has 0 amide bonds. The van der Waals surface area contributed by atoms with Crippen molar-refractivity contribution in [2.45, 2.75) is 25.8 Å². The third-order valence-corrected chi connectivity index (χ3v) is 2.97. The van der Waals surface area contributed by atoms with Crippen LogP contribution >= 0.6 is 0 Å². The van der Waals surface area contributed by atoms with Crippen molar-refractivity contribution in [3.63, 3.8) is 0 Å². The summed E-state index contributed by atoms with van der Waals surface area (Å²) < 4.78 is 12.8. The fourth-order valence-corrected chi connectivity index (χ4v) is 2.13. The van der Waals surface area contributed by atoms with Gasteiger partial charge in [-0.3, -0.25) is 0 Å². The zero-order chi connectivity index (χ0) is 12.1. The molecule has 0 aromatic carbocycles. The topological polar surface area (TPSA) is 48.3 Å². The van der Waals surface area contributed by atoms with Crippen LogP contribution in [0.5, 0.6) is 0 Å². The largest absolute Gasteiger partial charge is 0.383 e. The first-order valence-electron chi connectivity index (χ1n) is 6.17. The predicted octanol–water partition coefficient (Wildman–Crippen LogP) is 1.60. The highest BCUT2D eigenvalue weighted by molar-refractivity contribution is 5.29. The van der Waals surface area contributed by atoms with Crippen molar-refractivity contribution in [2.24, 2.45) is 0 Å². The van der Waals surface area contributed by atoms with E-state index in [-0.39, 0.29) is 0 Å². The highest BCUT2D eigenvalue weighted by Gasteiger charge is 2.19. The second-order valence-corrected chi connectivity index (χ2v) is 4.40. The van der Waals surface area contributed by atoms with Crippen LogP contribution in [0, 0.1) is 6.92 Å². The minimum absolute atomic E-state index is 0.412. The molecule has 1 N–H and O–H groups in total. The molecule has 1 aromatic rings. The lowest BCUT2D eigenvalue weighted by Gasteiger charge is -2.25. The number of imidazole rings is 1. The monoisotopic (exact) mass is 239 g/mol. The molecule has 1 aliphatic rings. The molecule has 2 rings (SSSR count). The van der Waals surface area contributed by atoms with Crippen molar-refractivity contribution in [2.75, 3.05) is 38.8 Å². The Hall–Kier alpha value is -1.07. The Morgan fingerprint density at radius 1 is 1.65 bits per heavy atom. The van der Waals surface area contributed by atoms with Crippen LogP contribution in [0.1, 0.15) is 24.6 Å². The van der Waals surface area contributed by atoms with Gasteiger partial charge >= 0.3 is 0 Å². The van der Waals surface area contributed by atoms with Gasteiger partial charge in [-0.2, -0.15) is 0 Å². The van der Waals surface area contributed by atoms with Crippen LogP contribution < -0.4 is 5.32 Å². The molecule has 1 atom stereocenters. The molecule has 2 heterocycles. The molecule has 5 heteroatoms. The molecule has 0 radical (unpaired) electrons. The van der Waals surface area contributed by atoms with Crippen molar-refractivity contribution in [1.82, 2.24) is 9.55 Å². The lowest BCUT2D eigenvalue weighted by atomic mass is 10.1. The van der Waals surface area contributed by atoms with Crippen molar-refractivity contribution in [1.29, 1.82) is 0 Å². The Morgan fingerprint density at radius 2 is 2.53 bits per heavy atom. The summed E-state index contributed by atoms with van der Waals surface area (Å²) in [6.45, 7) is 5.15. The van der Waals surface area contributed by atoms with E-state index in [1.807, 2.05) is 6.92 Å². The van der Waals surface area contributed by atoms with Gasteiger partial charge in [-0.25, -0.2) is 4.98 Å². The van der Waals surface area contributed by atoms with Crippen LogP contribution in [-0.4, -0.2) is 43.0 Å². The van der Waals surface area contributed by atoms with Gasteiger partial charge in [-0.1, -0.05) is 0 Å². The Kier molecular flexibility index (Phi) is 4.39. The average Bonchev–Trinajstić information content (AvgIpc) is 2.72. The summed E-state index contributed by atoms with van der Waals surface area (Å²) in [4.78, 5) is 4.50. The van der Waals surface area contributed by atoms with Crippen molar-refractivity contribution < 1.29 is 9.47 Å². The van der Waals surface area contributed by atoms with Crippen LogP contribution in [-0.2, 0) is 9.47 Å². The third kappa shape index (κ3) is 3.20. The Bertz CT molecular complexity index is 346. The highest BCUT2D eigenvalue weighted by Crippen LogP contribution is 2.23. The first-order valence-corrected chi connectivity index (χ1v) is 6.17. The number of aryl methyl sites for hydroxylation is 1. The van der Waals surface area contributed by atoms with Gasteiger partial charge in [-0.05, 0) is 19.8 Å². The van der Waals surface area contributed by atoms with Gasteiger partial charge in [0.05, 0.1) is 24.9 Å². The minimum atomic E-state index is 0.412. The molecule has 1 fully saturated rings. The molecule has 1 unspecified atom stereocenters. The van der Waals surface area contributed by atoms with E-state index < -0.39 is 0 Å². The van der Waals surface area contributed by atoms with Gasteiger partial charge in [0.25, 0.3) is 0 Å². The van der Waals surface area contributed by atoms with Gasteiger partial charge in [0, 0.05) is 26.5 Å². The van der Waals surface area contributed by atoms with E-state index in [2.05, 4.69) is 21.1 Å². The lowest BCUT2D eigenvalue weighted by molar-refractivity contribution is 0.0597. The molecule has 17 heavy (non-hydrogen) atoms. The smallest absolute Gasteiger partial charge is 0.203 e. The number of hydrogen-bond acceptors (Lipinski definition) is 4. The zero-order valence-corrected chi connectivity index (χ0v) is 10.6. The first kappa shape index (κ1) is 12.4. The normalized spacial score (nSPS) is 20.5. The van der Waals surface area contributed by atoms with E-state index in [1.165, 1.54) is 0 Å². The van der Waals surface area contributed by atoms with Gasteiger partial charge in [0.2, 0.25) is 5.95 Å². The molecule has 0 aliphatic carbocycles. The van der Waals surface area contributed by atoms with E-state index in [4.69, 9.17) is 9.47 Å². The van der Waals surface area contributed by atoms with Crippen LogP contribution in [0.2, 0.25) is 0 Å². The first-order chi connectivity index (χ1) is 8.31. The number of anilines is 1. The Balaban J connectivity index is 2.03. The van der Waals surface area contributed by atoms with Crippen molar-refractivity contribution >= 4 is 5.95 Å². The summed E-state index contributed by atoms with van der Waals surface area (Å²) >= 11 is 0. The summed E-state index contributed by atoms with van der Waals surface area (Å²) in [5.41, 5.74) is 1.04. The van der Waals surface area contributed by atoms with E-state index in [0.29, 0.717) is 12.6 Å². The van der Waals surface area contributed by atoms with Gasteiger partial charge in [-0.15, -0.1) is 0 Å². The number of nitrogens with one attached hydrogen (secondary N) is 1. The summed E-state index contributed by atoms with van der Waals surface area (Å²) in [5, 5.41) is 3.30. The van der Waals surface area contributed by atoms with Gasteiger partial charge in [0.1, 0.15) is 0 Å². The molecule has 0 bridgehead atoms.